The van der Waals surface area contributed by atoms with E-state index in [1.165, 1.54) is 11.1 Å². The second kappa shape index (κ2) is 7.09. The van der Waals surface area contributed by atoms with Gasteiger partial charge in [-0.1, -0.05) is 31.5 Å². The first-order valence-electron chi connectivity index (χ1n) is 7.72. The minimum atomic E-state index is -0.221. The largest absolute Gasteiger partial charge is 0.493 e. The second-order valence-corrected chi connectivity index (χ2v) is 6.14. The van der Waals surface area contributed by atoms with Crippen LogP contribution in [-0.4, -0.2) is 24.4 Å². The van der Waals surface area contributed by atoms with Crippen molar-refractivity contribution in [3.63, 3.8) is 0 Å². The summed E-state index contributed by atoms with van der Waals surface area (Å²) in [6.45, 7) is 7.87. The molecule has 1 heterocycles. The van der Waals surface area contributed by atoms with E-state index in [1.54, 1.807) is 0 Å². The maximum absolute atomic E-state index is 9.89. The Hall–Kier alpha value is -1.06. The summed E-state index contributed by atoms with van der Waals surface area (Å²) in [7, 11) is 0. The van der Waals surface area contributed by atoms with E-state index < -0.39 is 0 Å². The van der Waals surface area contributed by atoms with Crippen LogP contribution in [0.4, 0.5) is 0 Å². The Kier molecular flexibility index (Phi) is 5.44. The van der Waals surface area contributed by atoms with Crippen LogP contribution in [-0.2, 0) is 0 Å². The molecule has 0 fully saturated rings. The molecule has 2 atom stereocenters. The van der Waals surface area contributed by atoms with E-state index in [-0.39, 0.29) is 6.10 Å². The number of hydrogen-bond acceptors (Lipinski definition) is 3. The Morgan fingerprint density at radius 3 is 2.95 bits per heavy atom. The molecular formula is C17H27NO2. The highest BCUT2D eigenvalue weighted by Crippen LogP contribution is 2.32. The molecule has 1 aliphatic heterocycles. The predicted octanol–water partition coefficient (Wildman–Crippen LogP) is 3.21. The number of aryl methyl sites for hydroxylation is 1. The summed E-state index contributed by atoms with van der Waals surface area (Å²) in [4.78, 5) is 0. The van der Waals surface area contributed by atoms with Crippen molar-refractivity contribution in [1.29, 1.82) is 0 Å². The van der Waals surface area contributed by atoms with E-state index in [0.717, 1.165) is 38.2 Å². The normalized spacial score (nSPS) is 20.1. The van der Waals surface area contributed by atoms with Crippen molar-refractivity contribution in [2.75, 3.05) is 13.2 Å². The lowest BCUT2D eigenvalue weighted by atomic mass is 9.99. The van der Waals surface area contributed by atoms with Crippen LogP contribution in [0.3, 0.4) is 0 Å². The molecule has 20 heavy (non-hydrogen) atoms. The Labute approximate surface area is 122 Å². The minimum Gasteiger partial charge on any atom is -0.493 e. The number of aliphatic hydroxyl groups excluding tert-OH is 1. The van der Waals surface area contributed by atoms with Gasteiger partial charge >= 0.3 is 0 Å². The van der Waals surface area contributed by atoms with Crippen LogP contribution in [0.15, 0.2) is 18.2 Å². The minimum absolute atomic E-state index is 0.221. The fourth-order valence-electron chi connectivity index (χ4n) is 2.65. The summed E-state index contributed by atoms with van der Waals surface area (Å²) < 4.78 is 5.81. The summed E-state index contributed by atoms with van der Waals surface area (Å²) in [5, 5.41) is 13.5. The maximum Gasteiger partial charge on any atom is 0.124 e. The van der Waals surface area contributed by atoms with E-state index in [4.69, 9.17) is 4.74 Å². The van der Waals surface area contributed by atoms with Gasteiger partial charge in [-0.2, -0.15) is 0 Å². The first-order chi connectivity index (χ1) is 9.58. The second-order valence-electron chi connectivity index (χ2n) is 6.14. The third-order valence-corrected chi connectivity index (χ3v) is 4.04. The SMILES string of the molecule is Cc1ccc2c(c1)C(NCCC(O)C(C)C)CCCO2. The molecule has 3 nitrogen and oxygen atoms in total. The van der Waals surface area contributed by atoms with Crippen LogP contribution in [0.5, 0.6) is 5.75 Å². The quantitative estimate of drug-likeness (QED) is 0.868. The Balaban J connectivity index is 1.99. The maximum atomic E-state index is 9.89. The van der Waals surface area contributed by atoms with Crippen molar-refractivity contribution in [1.82, 2.24) is 5.32 Å². The van der Waals surface area contributed by atoms with Gasteiger partial charge in [0.15, 0.2) is 0 Å². The third kappa shape index (κ3) is 3.97. The monoisotopic (exact) mass is 277 g/mol. The zero-order valence-corrected chi connectivity index (χ0v) is 12.9. The van der Waals surface area contributed by atoms with Gasteiger partial charge in [0.05, 0.1) is 12.7 Å². The summed E-state index contributed by atoms with van der Waals surface area (Å²) >= 11 is 0. The number of nitrogens with one attached hydrogen (secondary N) is 1. The Bertz CT molecular complexity index is 431. The molecule has 0 aromatic heterocycles. The molecule has 0 saturated heterocycles. The smallest absolute Gasteiger partial charge is 0.124 e. The van der Waals surface area contributed by atoms with E-state index in [0.29, 0.717) is 12.0 Å². The highest BCUT2D eigenvalue weighted by molar-refractivity contribution is 5.39. The summed E-state index contributed by atoms with van der Waals surface area (Å²) in [5.74, 6) is 1.33. The van der Waals surface area contributed by atoms with Crippen LogP contribution in [0.25, 0.3) is 0 Å². The Morgan fingerprint density at radius 1 is 1.40 bits per heavy atom. The molecule has 1 aliphatic rings. The zero-order valence-electron chi connectivity index (χ0n) is 12.9. The van der Waals surface area contributed by atoms with E-state index in [2.05, 4.69) is 44.3 Å². The number of ether oxygens (including phenoxy) is 1. The van der Waals surface area contributed by atoms with Gasteiger partial charge in [-0.15, -0.1) is 0 Å². The highest BCUT2D eigenvalue weighted by atomic mass is 16.5. The number of rotatable bonds is 5. The van der Waals surface area contributed by atoms with E-state index in [9.17, 15) is 5.11 Å². The van der Waals surface area contributed by atoms with Gasteiger partial charge in [0.2, 0.25) is 0 Å². The molecule has 0 aliphatic carbocycles. The van der Waals surface area contributed by atoms with Gasteiger partial charge in [0.25, 0.3) is 0 Å². The summed E-state index contributed by atoms with van der Waals surface area (Å²) in [6.07, 6.45) is 2.74. The number of fused-ring (bicyclic) bond motifs is 1. The van der Waals surface area contributed by atoms with E-state index >= 15 is 0 Å². The van der Waals surface area contributed by atoms with Crippen molar-refractivity contribution in [2.24, 2.45) is 5.92 Å². The first-order valence-corrected chi connectivity index (χ1v) is 7.72. The van der Waals surface area contributed by atoms with Crippen LogP contribution < -0.4 is 10.1 Å². The predicted molar refractivity (Wildman–Crippen MR) is 82.1 cm³/mol. The van der Waals surface area contributed by atoms with Crippen LogP contribution in [0.1, 0.15) is 50.3 Å². The molecular weight excluding hydrogens is 250 g/mol. The molecule has 2 unspecified atom stereocenters. The van der Waals surface area contributed by atoms with Crippen molar-refractivity contribution < 1.29 is 9.84 Å². The third-order valence-electron chi connectivity index (χ3n) is 4.04. The van der Waals surface area contributed by atoms with Gasteiger partial charge in [-0.25, -0.2) is 0 Å². The number of hydrogen-bond donors (Lipinski definition) is 2. The fraction of sp³-hybridized carbons (Fsp3) is 0.647. The summed E-state index contributed by atoms with van der Waals surface area (Å²) in [6, 6.07) is 6.74. The van der Waals surface area contributed by atoms with Crippen LogP contribution >= 0.6 is 0 Å². The van der Waals surface area contributed by atoms with Crippen LogP contribution in [0.2, 0.25) is 0 Å². The lowest BCUT2D eigenvalue weighted by Gasteiger charge is -2.21. The first kappa shape index (κ1) is 15.3. The number of aliphatic hydroxyl groups is 1. The van der Waals surface area contributed by atoms with Gasteiger partial charge < -0.3 is 15.2 Å². The molecule has 2 rings (SSSR count). The Morgan fingerprint density at radius 2 is 2.20 bits per heavy atom. The number of benzene rings is 1. The van der Waals surface area contributed by atoms with Gasteiger partial charge in [0.1, 0.15) is 5.75 Å². The fourth-order valence-corrected chi connectivity index (χ4v) is 2.65. The molecule has 0 spiro atoms. The highest BCUT2D eigenvalue weighted by Gasteiger charge is 2.20. The molecule has 112 valence electrons. The lowest BCUT2D eigenvalue weighted by Crippen LogP contribution is -2.27. The van der Waals surface area contributed by atoms with Crippen molar-refractivity contribution >= 4 is 0 Å². The van der Waals surface area contributed by atoms with Gasteiger partial charge in [-0.05, 0) is 44.7 Å². The molecule has 0 amide bonds. The van der Waals surface area contributed by atoms with Crippen molar-refractivity contribution in [3.8, 4) is 5.75 Å². The van der Waals surface area contributed by atoms with Gasteiger partial charge in [-0.3, -0.25) is 0 Å². The van der Waals surface area contributed by atoms with E-state index in [1.807, 2.05) is 0 Å². The molecule has 2 N–H and O–H groups in total. The molecule has 0 bridgehead atoms. The van der Waals surface area contributed by atoms with Gasteiger partial charge in [0, 0.05) is 11.6 Å². The average molecular weight is 277 g/mol. The lowest BCUT2D eigenvalue weighted by molar-refractivity contribution is 0.115. The molecule has 0 radical (unpaired) electrons. The zero-order chi connectivity index (χ0) is 14.5. The average Bonchev–Trinajstić information content (AvgIpc) is 2.61. The standard InChI is InChI=1S/C17H27NO2/c1-12(2)16(19)8-9-18-15-5-4-10-20-17-7-6-13(3)11-14(15)17/h6-7,11-12,15-16,18-19H,4-5,8-10H2,1-3H3. The molecule has 1 aromatic rings. The molecule has 0 saturated carbocycles. The topological polar surface area (TPSA) is 41.5 Å². The van der Waals surface area contributed by atoms with Crippen LogP contribution in [0, 0.1) is 12.8 Å². The van der Waals surface area contributed by atoms with Crippen molar-refractivity contribution in [2.45, 2.75) is 52.2 Å². The molecule has 1 aromatic carbocycles. The van der Waals surface area contributed by atoms with Crippen molar-refractivity contribution in [3.05, 3.63) is 29.3 Å². The molecule has 3 heteroatoms. The summed E-state index contributed by atoms with van der Waals surface area (Å²) in [5.41, 5.74) is 2.53.